The summed E-state index contributed by atoms with van der Waals surface area (Å²) in [6, 6.07) is 10.2. The van der Waals surface area contributed by atoms with E-state index in [1.54, 1.807) is 0 Å². The average Bonchev–Trinajstić information content (AvgIpc) is 2.74. The molecular formula is C15H19BrN2O. The lowest BCUT2D eigenvalue weighted by Gasteiger charge is -2.23. The second-order valence-corrected chi connectivity index (χ2v) is 5.78. The Bertz CT molecular complexity index is 563. The minimum absolute atomic E-state index is 0.00360. The molecular weight excluding hydrogens is 304 g/mol. The molecule has 4 heteroatoms. The van der Waals surface area contributed by atoms with Crippen molar-refractivity contribution in [1.29, 1.82) is 0 Å². The zero-order valence-corrected chi connectivity index (χ0v) is 13.1. The van der Waals surface area contributed by atoms with Gasteiger partial charge in [0.15, 0.2) is 0 Å². The van der Waals surface area contributed by atoms with E-state index in [0.29, 0.717) is 0 Å². The van der Waals surface area contributed by atoms with E-state index in [1.807, 2.05) is 39.1 Å². The minimum atomic E-state index is 0.00360. The summed E-state index contributed by atoms with van der Waals surface area (Å²) < 4.78 is 6.67. The first-order chi connectivity index (χ1) is 8.97. The van der Waals surface area contributed by atoms with E-state index in [2.05, 4.69) is 33.0 Å². The number of aryl methyl sites for hydroxylation is 1. The summed E-state index contributed by atoms with van der Waals surface area (Å²) in [7, 11) is 2.05. The smallest absolute Gasteiger partial charge is 0.123 e. The van der Waals surface area contributed by atoms with Gasteiger partial charge < -0.3 is 15.1 Å². The molecule has 1 unspecified atom stereocenters. The lowest BCUT2D eigenvalue weighted by atomic mass is 10.1. The summed E-state index contributed by atoms with van der Waals surface area (Å²) in [6.07, 6.45) is 0. The predicted octanol–water partition coefficient (Wildman–Crippen LogP) is 4.01. The van der Waals surface area contributed by atoms with Crippen LogP contribution < -0.4 is 10.6 Å². The first kappa shape index (κ1) is 14.2. The maximum Gasteiger partial charge on any atom is 0.123 e. The van der Waals surface area contributed by atoms with E-state index in [1.165, 1.54) is 0 Å². The van der Waals surface area contributed by atoms with Gasteiger partial charge in [0.25, 0.3) is 0 Å². The molecule has 0 spiro atoms. The van der Waals surface area contributed by atoms with E-state index in [0.717, 1.165) is 33.8 Å². The molecule has 0 aliphatic rings. The Labute approximate surface area is 122 Å². The van der Waals surface area contributed by atoms with Gasteiger partial charge in [-0.25, -0.2) is 0 Å². The fourth-order valence-corrected chi connectivity index (χ4v) is 2.47. The average molecular weight is 323 g/mol. The molecule has 0 aliphatic heterocycles. The molecule has 0 bridgehead atoms. The molecule has 0 fully saturated rings. The van der Waals surface area contributed by atoms with Gasteiger partial charge in [-0.15, -0.1) is 0 Å². The van der Waals surface area contributed by atoms with Crippen LogP contribution in [-0.2, 0) is 6.54 Å². The summed E-state index contributed by atoms with van der Waals surface area (Å²) in [4.78, 5) is 2.15. The van der Waals surface area contributed by atoms with E-state index < -0.39 is 0 Å². The highest BCUT2D eigenvalue weighted by atomic mass is 79.9. The van der Waals surface area contributed by atoms with Crippen molar-refractivity contribution in [2.45, 2.75) is 26.4 Å². The van der Waals surface area contributed by atoms with Gasteiger partial charge >= 0.3 is 0 Å². The molecule has 2 rings (SSSR count). The fourth-order valence-electron chi connectivity index (χ4n) is 2.12. The van der Waals surface area contributed by atoms with Gasteiger partial charge in [-0.3, -0.25) is 0 Å². The number of anilines is 1. The van der Waals surface area contributed by atoms with Crippen LogP contribution in [0.2, 0.25) is 0 Å². The van der Waals surface area contributed by atoms with Gasteiger partial charge in [-0.05, 0) is 43.7 Å². The van der Waals surface area contributed by atoms with Gasteiger partial charge in [0.2, 0.25) is 0 Å². The molecule has 1 aromatic heterocycles. The Morgan fingerprint density at radius 3 is 2.63 bits per heavy atom. The molecule has 0 amide bonds. The maximum atomic E-state index is 6.03. The van der Waals surface area contributed by atoms with E-state index in [4.69, 9.17) is 10.2 Å². The van der Waals surface area contributed by atoms with Crippen molar-refractivity contribution in [2.75, 3.05) is 11.9 Å². The molecule has 0 saturated carbocycles. The van der Waals surface area contributed by atoms with Crippen LogP contribution in [0.5, 0.6) is 0 Å². The normalized spacial score (nSPS) is 12.5. The number of rotatable bonds is 4. The third-order valence-corrected chi connectivity index (χ3v) is 3.58. The summed E-state index contributed by atoms with van der Waals surface area (Å²) in [5.41, 5.74) is 8.29. The lowest BCUT2D eigenvalue weighted by Crippen LogP contribution is -2.20. The number of furan rings is 1. The van der Waals surface area contributed by atoms with Gasteiger partial charge in [0.1, 0.15) is 11.5 Å². The molecule has 2 aromatic rings. The maximum absolute atomic E-state index is 6.03. The number of nitrogens with zero attached hydrogens (tertiary/aromatic N) is 1. The van der Waals surface area contributed by atoms with Crippen molar-refractivity contribution in [1.82, 2.24) is 0 Å². The van der Waals surface area contributed by atoms with Gasteiger partial charge in [-0.2, -0.15) is 0 Å². The highest BCUT2D eigenvalue weighted by molar-refractivity contribution is 9.10. The van der Waals surface area contributed by atoms with Crippen LogP contribution in [0.15, 0.2) is 39.2 Å². The van der Waals surface area contributed by atoms with Crippen LogP contribution in [-0.4, -0.2) is 7.05 Å². The molecule has 3 nitrogen and oxygen atoms in total. The number of benzene rings is 1. The number of hydrogen-bond donors (Lipinski definition) is 1. The molecule has 102 valence electrons. The molecule has 1 aromatic carbocycles. The van der Waals surface area contributed by atoms with Gasteiger partial charge in [0.05, 0.1) is 6.54 Å². The van der Waals surface area contributed by atoms with Crippen LogP contribution in [0, 0.1) is 6.92 Å². The van der Waals surface area contributed by atoms with Crippen molar-refractivity contribution in [3.63, 3.8) is 0 Å². The Morgan fingerprint density at radius 2 is 2.05 bits per heavy atom. The SMILES string of the molecule is Cc1ccc(CN(C)c2cc(Br)ccc2C(C)N)o1. The standard InChI is InChI=1S/C15H19BrN2O/c1-10-4-6-13(19-10)9-18(3)15-8-12(16)5-7-14(15)11(2)17/h4-8,11H,9,17H2,1-3H3. The Kier molecular flexibility index (Phi) is 4.32. The largest absolute Gasteiger partial charge is 0.464 e. The third-order valence-electron chi connectivity index (χ3n) is 3.08. The first-order valence-corrected chi connectivity index (χ1v) is 7.08. The summed E-state index contributed by atoms with van der Waals surface area (Å²) in [5.74, 6) is 1.89. The van der Waals surface area contributed by atoms with Crippen molar-refractivity contribution in [3.05, 3.63) is 51.9 Å². The Hall–Kier alpha value is -1.26. The second-order valence-electron chi connectivity index (χ2n) is 4.86. The van der Waals surface area contributed by atoms with E-state index in [-0.39, 0.29) is 6.04 Å². The van der Waals surface area contributed by atoms with Crippen molar-refractivity contribution in [2.24, 2.45) is 5.73 Å². The lowest BCUT2D eigenvalue weighted by molar-refractivity contribution is 0.481. The van der Waals surface area contributed by atoms with Crippen LogP contribution in [0.25, 0.3) is 0 Å². The highest BCUT2D eigenvalue weighted by Gasteiger charge is 2.13. The van der Waals surface area contributed by atoms with Crippen LogP contribution in [0.4, 0.5) is 5.69 Å². The highest BCUT2D eigenvalue weighted by Crippen LogP contribution is 2.29. The molecule has 2 N–H and O–H groups in total. The molecule has 0 saturated heterocycles. The summed E-state index contributed by atoms with van der Waals surface area (Å²) in [5, 5.41) is 0. The molecule has 0 radical (unpaired) electrons. The summed E-state index contributed by atoms with van der Waals surface area (Å²) in [6.45, 7) is 4.68. The van der Waals surface area contributed by atoms with E-state index in [9.17, 15) is 0 Å². The molecule has 1 heterocycles. The number of nitrogens with two attached hydrogens (primary N) is 1. The Balaban J connectivity index is 2.27. The fraction of sp³-hybridized carbons (Fsp3) is 0.333. The van der Waals surface area contributed by atoms with Crippen molar-refractivity contribution >= 4 is 21.6 Å². The van der Waals surface area contributed by atoms with Crippen molar-refractivity contribution < 1.29 is 4.42 Å². The van der Waals surface area contributed by atoms with E-state index >= 15 is 0 Å². The van der Waals surface area contributed by atoms with Gasteiger partial charge in [-0.1, -0.05) is 22.0 Å². The zero-order chi connectivity index (χ0) is 14.0. The minimum Gasteiger partial charge on any atom is -0.464 e. The third kappa shape index (κ3) is 3.39. The quantitative estimate of drug-likeness (QED) is 0.924. The molecule has 1 atom stereocenters. The topological polar surface area (TPSA) is 42.4 Å². The van der Waals surface area contributed by atoms with Crippen LogP contribution >= 0.6 is 15.9 Å². The predicted molar refractivity (Wildman–Crippen MR) is 82.3 cm³/mol. The first-order valence-electron chi connectivity index (χ1n) is 6.29. The molecule has 0 aliphatic carbocycles. The summed E-state index contributed by atoms with van der Waals surface area (Å²) >= 11 is 3.51. The number of hydrogen-bond acceptors (Lipinski definition) is 3. The number of halogens is 1. The monoisotopic (exact) mass is 322 g/mol. The second kappa shape index (κ2) is 5.80. The van der Waals surface area contributed by atoms with Crippen LogP contribution in [0.3, 0.4) is 0 Å². The van der Waals surface area contributed by atoms with Crippen molar-refractivity contribution in [3.8, 4) is 0 Å². The molecule has 19 heavy (non-hydrogen) atoms. The van der Waals surface area contributed by atoms with Crippen LogP contribution in [0.1, 0.15) is 30.0 Å². The Morgan fingerprint density at radius 1 is 1.32 bits per heavy atom. The zero-order valence-electron chi connectivity index (χ0n) is 11.5. The van der Waals surface area contributed by atoms with Gasteiger partial charge in [0, 0.05) is 23.2 Å².